The maximum atomic E-state index is 13.9. The van der Waals surface area contributed by atoms with E-state index >= 15 is 0 Å². The van der Waals surface area contributed by atoms with Crippen molar-refractivity contribution < 1.29 is 39.8 Å². The maximum absolute atomic E-state index is 13.9. The van der Waals surface area contributed by atoms with Gasteiger partial charge in [0.1, 0.15) is 24.9 Å². The van der Waals surface area contributed by atoms with Gasteiger partial charge in [-0.2, -0.15) is 0 Å². The number of H-pyrrole nitrogens is 1. The summed E-state index contributed by atoms with van der Waals surface area (Å²) in [6, 6.07) is 24.6. The van der Waals surface area contributed by atoms with Gasteiger partial charge in [-0.15, -0.1) is 0 Å². The number of carbonyl (C=O) groups excluding carboxylic acids is 1. The number of Topliss-reactive ketones (excluding diaryl/α,β-unsaturated/α-hetero) is 1. The van der Waals surface area contributed by atoms with Crippen LogP contribution in [0.5, 0.6) is 34.5 Å². The number of aliphatic hydroxyl groups excluding tert-OH is 1. The van der Waals surface area contributed by atoms with Gasteiger partial charge in [0.25, 0.3) is 0 Å². The Kier molecular flexibility index (Phi) is 10.3. The van der Waals surface area contributed by atoms with E-state index in [1.54, 1.807) is 36.4 Å². The highest BCUT2D eigenvalue weighted by atomic mass is 16.5. The zero-order valence-electron chi connectivity index (χ0n) is 34.9. The van der Waals surface area contributed by atoms with Gasteiger partial charge < -0.3 is 40.0 Å². The molecule has 2 fully saturated rings. The van der Waals surface area contributed by atoms with Crippen molar-refractivity contribution in [2.45, 2.75) is 107 Å². The van der Waals surface area contributed by atoms with Gasteiger partial charge in [0, 0.05) is 53.1 Å². The van der Waals surface area contributed by atoms with E-state index in [1.165, 1.54) is 60.6 Å². The number of allylic oxidation sites excluding steroid dienone is 1. The van der Waals surface area contributed by atoms with E-state index in [1.807, 2.05) is 6.07 Å². The molecule has 1 heterocycles. The predicted octanol–water partition coefficient (Wildman–Crippen LogP) is 9.48. The summed E-state index contributed by atoms with van der Waals surface area (Å²) in [6.07, 6.45) is 14.6. The summed E-state index contributed by atoms with van der Waals surface area (Å²) in [5.74, 6) is -1.03. The lowest BCUT2D eigenvalue weighted by Crippen LogP contribution is -2.54. The third kappa shape index (κ3) is 6.74. The minimum atomic E-state index is -1.04. The average molecular weight is 837 g/mol. The highest BCUT2D eigenvalue weighted by molar-refractivity contribution is 5.79. The molecular formula is C52H56N2O8. The van der Waals surface area contributed by atoms with E-state index in [9.17, 15) is 30.3 Å². The van der Waals surface area contributed by atoms with E-state index in [2.05, 4.69) is 53.7 Å². The Morgan fingerprint density at radius 3 is 2.53 bits per heavy atom. The lowest BCUT2D eigenvalue weighted by atomic mass is 9.42. The molecule has 0 amide bonds. The number of aromatic amines is 1. The Morgan fingerprint density at radius 1 is 0.871 bits per heavy atom. The number of nitrogens with one attached hydrogen (secondary N) is 1. The second kappa shape index (κ2) is 15.9. The third-order valence-electron chi connectivity index (χ3n) is 15.5. The normalized spacial score (nSPS) is 25.6. The van der Waals surface area contributed by atoms with Crippen LogP contribution in [0.1, 0.15) is 115 Å². The van der Waals surface area contributed by atoms with Crippen LogP contribution in [0, 0.1) is 17.3 Å². The predicted molar refractivity (Wildman–Crippen MR) is 236 cm³/mol. The zero-order valence-corrected chi connectivity index (χ0v) is 34.9. The van der Waals surface area contributed by atoms with E-state index in [0.29, 0.717) is 12.0 Å². The number of fused-ring (bicyclic) bond motifs is 9. The number of aryl methyl sites for hydroxylation is 1. The smallest absolute Gasteiger partial charge is 0.200 e. The molecule has 6 aliphatic carbocycles. The maximum Gasteiger partial charge on any atom is 0.200 e. The van der Waals surface area contributed by atoms with Crippen molar-refractivity contribution in [3.8, 4) is 45.8 Å². The molecule has 1 spiro atoms. The van der Waals surface area contributed by atoms with Crippen LogP contribution < -0.4 is 15.2 Å². The van der Waals surface area contributed by atoms with Crippen molar-refractivity contribution in [1.29, 1.82) is 0 Å². The number of rotatable bonds is 12. The molecule has 8 N–H and O–H groups in total. The van der Waals surface area contributed by atoms with Crippen molar-refractivity contribution in [2.24, 2.45) is 23.0 Å². The van der Waals surface area contributed by atoms with Crippen LogP contribution in [0.2, 0.25) is 0 Å². The van der Waals surface area contributed by atoms with Crippen molar-refractivity contribution in [3.05, 3.63) is 131 Å². The van der Waals surface area contributed by atoms with Gasteiger partial charge in [-0.1, -0.05) is 67.5 Å². The number of phenols is 4. The molecular weight excluding hydrogens is 781 g/mol. The fraction of sp³-hybridized carbons (Fsp3) is 0.404. The quantitative estimate of drug-likeness (QED) is 0.0366. The summed E-state index contributed by atoms with van der Waals surface area (Å²) in [7, 11) is 0. The monoisotopic (exact) mass is 836 g/mol. The van der Waals surface area contributed by atoms with Gasteiger partial charge in [0.05, 0.1) is 6.10 Å². The largest absolute Gasteiger partial charge is 0.508 e. The van der Waals surface area contributed by atoms with E-state index < -0.39 is 12.0 Å². The van der Waals surface area contributed by atoms with Crippen molar-refractivity contribution in [1.82, 2.24) is 4.98 Å². The molecule has 10 heteroatoms. The number of ketones is 1. The Bertz CT molecular complexity index is 2540. The Balaban J connectivity index is 1.08. The van der Waals surface area contributed by atoms with Gasteiger partial charge in [-0.25, -0.2) is 0 Å². The number of aromatic hydroxyl groups is 4. The van der Waals surface area contributed by atoms with Gasteiger partial charge in [0.2, 0.25) is 5.75 Å². The molecule has 2 saturated carbocycles. The number of aliphatic hydroxyl groups is 1. The second-order valence-corrected chi connectivity index (χ2v) is 18.8. The summed E-state index contributed by atoms with van der Waals surface area (Å²) >= 11 is 0. The molecule has 11 rings (SSSR count). The first-order chi connectivity index (χ1) is 30.1. The first-order valence-electron chi connectivity index (χ1n) is 22.4. The second-order valence-electron chi connectivity index (χ2n) is 18.8. The fourth-order valence-electron chi connectivity index (χ4n) is 13.0. The summed E-state index contributed by atoms with van der Waals surface area (Å²) in [4.78, 5) is 17.6. The Hall–Kier alpha value is -5.71. The Labute approximate surface area is 362 Å². The SMILES string of the molecule is NCOc1cc(CCC(=O)CC(O)C2C=CC3CC(C45CC6(CCCC6)CCC4c4cc[nH]c4-c4ccccc45)C2c2cc(O)c(O)c(OCc4cccc(O)c4)c23)ccc1O. The highest BCUT2D eigenvalue weighted by Crippen LogP contribution is 2.72. The van der Waals surface area contributed by atoms with Crippen LogP contribution in [-0.2, 0) is 23.2 Å². The average Bonchev–Trinajstić information content (AvgIpc) is 3.87. The number of carbonyl (C=O) groups is 1. The summed E-state index contributed by atoms with van der Waals surface area (Å²) in [5, 5.41) is 56.2. The van der Waals surface area contributed by atoms with Crippen molar-refractivity contribution >= 4 is 5.78 Å². The Morgan fingerprint density at radius 2 is 1.71 bits per heavy atom. The van der Waals surface area contributed by atoms with E-state index in [-0.39, 0.29) is 101 Å². The van der Waals surface area contributed by atoms with Crippen LogP contribution in [0.25, 0.3) is 11.3 Å². The molecule has 62 heavy (non-hydrogen) atoms. The van der Waals surface area contributed by atoms with Gasteiger partial charge in [-0.3, -0.25) is 10.5 Å². The van der Waals surface area contributed by atoms with Crippen LogP contribution in [0.4, 0.5) is 0 Å². The number of benzene rings is 4. The van der Waals surface area contributed by atoms with Crippen LogP contribution in [0.15, 0.2) is 97.2 Å². The summed E-state index contributed by atoms with van der Waals surface area (Å²) < 4.78 is 11.8. The lowest BCUT2D eigenvalue weighted by molar-refractivity contribution is -0.121. The summed E-state index contributed by atoms with van der Waals surface area (Å²) in [5.41, 5.74) is 13.7. The molecule has 1 aromatic heterocycles. The zero-order chi connectivity index (χ0) is 42.8. The van der Waals surface area contributed by atoms with E-state index in [4.69, 9.17) is 15.2 Å². The summed E-state index contributed by atoms with van der Waals surface area (Å²) in [6.45, 7) is -0.0330. The lowest BCUT2D eigenvalue weighted by Gasteiger charge is -2.61. The van der Waals surface area contributed by atoms with Crippen LogP contribution in [0.3, 0.4) is 0 Å². The van der Waals surface area contributed by atoms with Gasteiger partial charge >= 0.3 is 0 Å². The molecule has 7 atom stereocenters. The third-order valence-corrected chi connectivity index (χ3v) is 15.5. The molecule has 5 aromatic rings. The first-order valence-corrected chi connectivity index (χ1v) is 22.4. The molecule has 0 aliphatic heterocycles. The molecule has 0 radical (unpaired) electrons. The highest BCUT2D eigenvalue weighted by Gasteiger charge is 2.62. The van der Waals surface area contributed by atoms with Crippen molar-refractivity contribution in [3.63, 3.8) is 0 Å². The van der Waals surface area contributed by atoms with E-state index in [0.717, 1.165) is 36.0 Å². The first kappa shape index (κ1) is 40.4. The number of ether oxygens (including phenoxy) is 2. The fourth-order valence-corrected chi connectivity index (χ4v) is 13.0. The minimum Gasteiger partial charge on any atom is -0.508 e. The minimum absolute atomic E-state index is 0.0162. The number of nitrogens with two attached hydrogens (primary N) is 1. The van der Waals surface area contributed by atoms with Gasteiger partial charge in [-0.05, 0) is 132 Å². The van der Waals surface area contributed by atoms with Crippen LogP contribution >= 0.6 is 0 Å². The number of hydrogen-bond donors (Lipinski definition) is 7. The standard InChI is InChI=1S/C52H56N2O8/c53-29-62-45-23-30(11-15-42(45)57)10-13-34(56)25-43(58)37-14-12-32-24-41(47(37)38-26-44(59)49(60)50(46(32)38)61-27-31-6-5-7-33(55)22-31)52-28-51(18-3-4-19-51)20-16-40(52)36-17-21-54-48(36)35-8-1-2-9-39(35)52/h1-2,5-9,11-12,14-15,17,21-23,26,32,37,40-41,43,47,54-55,57-60H,3-4,10,13,16,18-20,24-25,27-29,53H2. The topological polar surface area (TPSA) is 178 Å². The van der Waals surface area contributed by atoms with Crippen LogP contribution in [-0.4, -0.2) is 49.1 Å². The van der Waals surface area contributed by atoms with Gasteiger partial charge in [0.15, 0.2) is 23.0 Å². The molecule has 4 aromatic carbocycles. The molecule has 6 aliphatic rings. The molecule has 7 unspecified atom stereocenters. The molecule has 0 saturated heterocycles. The molecule has 322 valence electrons. The molecule has 10 nitrogen and oxygen atoms in total. The number of hydrogen-bond acceptors (Lipinski definition) is 9. The molecule has 2 bridgehead atoms. The van der Waals surface area contributed by atoms with Crippen molar-refractivity contribution in [2.75, 3.05) is 6.73 Å². The number of aromatic nitrogens is 1. The number of phenolic OH excluding ortho intramolecular Hbond substituents is 4.